The molecule has 1 rings (SSSR count). The van der Waals surface area contributed by atoms with Crippen molar-refractivity contribution in [3.8, 4) is 0 Å². The van der Waals surface area contributed by atoms with E-state index in [0.717, 1.165) is 12.8 Å². The van der Waals surface area contributed by atoms with Crippen molar-refractivity contribution in [2.24, 2.45) is 11.8 Å². The van der Waals surface area contributed by atoms with Crippen LogP contribution in [-0.2, 0) is 9.53 Å². The topological polar surface area (TPSA) is 26.3 Å². The fraction of sp³-hybridized carbons (Fsp3) is 0.750. The second kappa shape index (κ2) is 3.76. The van der Waals surface area contributed by atoms with Crippen LogP contribution in [0.4, 0.5) is 0 Å². The first-order valence-corrected chi connectivity index (χ1v) is 5.22. The fourth-order valence-electron chi connectivity index (χ4n) is 2.49. The Bertz CT molecular complexity index is 257. The fourth-order valence-corrected chi connectivity index (χ4v) is 2.49. The summed E-state index contributed by atoms with van der Waals surface area (Å²) < 4.78 is 5.41. The summed E-state index contributed by atoms with van der Waals surface area (Å²) in [6.45, 7) is 11.7. The number of hydrogen-bond acceptors (Lipinski definition) is 2. The molecule has 1 aliphatic carbocycles. The molecule has 1 saturated carbocycles. The van der Waals surface area contributed by atoms with Crippen molar-refractivity contribution in [1.29, 1.82) is 0 Å². The molecule has 80 valence electrons. The zero-order valence-electron chi connectivity index (χ0n) is 9.59. The first kappa shape index (κ1) is 11.3. The molecule has 2 heteroatoms. The molecule has 1 aliphatic rings. The van der Waals surface area contributed by atoms with Crippen molar-refractivity contribution < 1.29 is 9.53 Å². The van der Waals surface area contributed by atoms with Crippen LogP contribution in [0, 0.1) is 11.8 Å². The van der Waals surface area contributed by atoms with E-state index in [1.54, 1.807) is 0 Å². The van der Waals surface area contributed by atoms with Gasteiger partial charge in [0.1, 0.15) is 5.60 Å². The molecule has 14 heavy (non-hydrogen) atoms. The molecule has 0 N–H and O–H groups in total. The Morgan fingerprint density at radius 3 is 2.43 bits per heavy atom. The zero-order valence-corrected chi connectivity index (χ0v) is 9.59. The maximum absolute atomic E-state index is 11.0. The molecule has 0 heterocycles. The second-order valence-corrected chi connectivity index (χ2v) is 4.69. The molecule has 0 spiro atoms. The first-order valence-electron chi connectivity index (χ1n) is 5.22. The summed E-state index contributed by atoms with van der Waals surface area (Å²) >= 11 is 0. The SMILES string of the molecule is C=C(C)[C@H]1CC[C@@](C)(OC(C)=O)[C@H]1C. The maximum atomic E-state index is 11.0. The zero-order chi connectivity index (χ0) is 10.9. The van der Waals surface area contributed by atoms with Crippen LogP contribution in [0.2, 0.25) is 0 Å². The van der Waals surface area contributed by atoms with Crippen molar-refractivity contribution in [2.45, 2.75) is 46.1 Å². The molecule has 0 aromatic heterocycles. The number of esters is 1. The summed E-state index contributed by atoms with van der Waals surface area (Å²) in [4.78, 5) is 11.0. The van der Waals surface area contributed by atoms with Crippen LogP contribution < -0.4 is 0 Å². The normalized spacial score (nSPS) is 36.9. The average molecular weight is 196 g/mol. The highest BCUT2D eigenvalue weighted by Crippen LogP contribution is 2.45. The molecule has 0 radical (unpaired) electrons. The van der Waals surface area contributed by atoms with Crippen molar-refractivity contribution in [1.82, 2.24) is 0 Å². The van der Waals surface area contributed by atoms with Crippen LogP contribution in [0.25, 0.3) is 0 Å². The quantitative estimate of drug-likeness (QED) is 0.501. The van der Waals surface area contributed by atoms with E-state index in [2.05, 4.69) is 20.4 Å². The van der Waals surface area contributed by atoms with Crippen LogP contribution in [-0.4, -0.2) is 11.6 Å². The van der Waals surface area contributed by atoms with Gasteiger partial charge in [-0.1, -0.05) is 19.1 Å². The molecule has 0 amide bonds. The van der Waals surface area contributed by atoms with Gasteiger partial charge in [-0.25, -0.2) is 0 Å². The van der Waals surface area contributed by atoms with E-state index >= 15 is 0 Å². The molecule has 0 bridgehead atoms. The van der Waals surface area contributed by atoms with E-state index in [-0.39, 0.29) is 11.6 Å². The van der Waals surface area contributed by atoms with Crippen LogP contribution in [0.5, 0.6) is 0 Å². The van der Waals surface area contributed by atoms with Crippen molar-refractivity contribution in [3.63, 3.8) is 0 Å². The largest absolute Gasteiger partial charge is 0.459 e. The number of carbonyl (C=O) groups is 1. The van der Waals surface area contributed by atoms with Gasteiger partial charge in [-0.05, 0) is 32.6 Å². The molecule has 0 unspecified atom stereocenters. The monoisotopic (exact) mass is 196 g/mol. The third kappa shape index (κ3) is 1.99. The summed E-state index contributed by atoms with van der Waals surface area (Å²) in [6.07, 6.45) is 2.03. The van der Waals surface area contributed by atoms with E-state index in [0.29, 0.717) is 11.8 Å². The van der Waals surface area contributed by atoms with Gasteiger partial charge in [-0.2, -0.15) is 0 Å². The summed E-state index contributed by atoms with van der Waals surface area (Å²) in [5, 5.41) is 0. The summed E-state index contributed by atoms with van der Waals surface area (Å²) in [6, 6.07) is 0. The molecule has 3 atom stereocenters. The minimum Gasteiger partial charge on any atom is -0.459 e. The number of allylic oxidation sites excluding steroid dienone is 1. The minimum atomic E-state index is -0.282. The Morgan fingerprint density at radius 1 is 1.50 bits per heavy atom. The Morgan fingerprint density at radius 2 is 2.07 bits per heavy atom. The van der Waals surface area contributed by atoms with Gasteiger partial charge in [-0.15, -0.1) is 0 Å². The van der Waals surface area contributed by atoms with Crippen LogP contribution >= 0.6 is 0 Å². The van der Waals surface area contributed by atoms with Gasteiger partial charge in [-0.3, -0.25) is 4.79 Å². The van der Waals surface area contributed by atoms with Gasteiger partial charge in [0.25, 0.3) is 0 Å². The Labute approximate surface area is 86.3 Å². The van der Waals surface area contributed by atoms with Gasteiger partial charge in [0.15, 0.2) is 0 Å². The number of ether oxygens (including phenoxy) is 1. The molecule has 1 fully saturated rings. The molecular formula is C12H20O2. The first-order chi connectivity index (χ1) is 6.37. The average Bonchev–Trinajstić information content (AvgIpc) is 2.27. The van der Waals surface area contributed by atoms with E-state index in [4.69, 9.17) is 4.74 Å². The van der Waals surface area contributed by atoms with Crippen molar-refractivity contribution in [3.05, 3.63) is 12.2 Å². The highest BCUT2D eigenvalue weighted by molar-refractivity contribution is 5.66. The highest BCUT2D eigenvalue weighted by atomic mass is 16.6. The van der Waals surface area contributed by atoms with Crippen molar-refractivity contribution >= 4 is 5.97 Å². The minimum absolute atomic E-state index is 0.179. The van der Waals surface area contributed by atoms with Crippen LogP contribution in [0.1, 0.15) is 40.5 Å². The summed E-state index contributed by atoms with van der Waals surface area (Å²) in [5.41, 5.74) is 0.920. The lowest BCUT2D eigenvalue weighted by atomic mass is 9.85. The lowest BCUT2D eigenvalue weighted by molar-refractivity contribution is -0.158. The van der Waals surface area contributed by atoms with Gasteiger partial charge in [0.2, 0.25) is 0 Å². The number of carbonyl (C=O) groups excluding carboxylic acids is 1. The van der Waals surface area contributed by atoms with Gasteiger partial charge >= 0.3 is 5.97 Å². The third-order valence-corrected chi connectivity index (χ3v) is 3.53. The number of hydrogen-bond donors (Lipinski definition) is 0. The van der Waals surface area contributed by atoms with Crippen molar-refractivity contribution in [2.75, 3.05) is 0 Å². The molecule has 0 aromatic rings. The van der Waals surface area contributed by atoms with Gasteiger partial charge in [0.05, 0.1) is 0 Å². The number of rotatable bonds is 2. The lowest BCUT2D eigenvalue weighted by Gasteiger charge is -2.31. The molecule has 0 aliphatic heterocycles. The van der Waals surface area contributed by atoms with E-state index in [1.807, 2.05) is 6.92 Å². The Kier molecular flexibility index (Phi) is 3.03. The van der Waals surface area contributed by atoms with Gasteiger partial charge in [0, 0.05) is 12.8 Å². The van der Waals surface area contributed by atoms with Gasteiger partial charge < -0.3 is 4.74 Å². The van der Waals surface area contributed by atoms with Crippen LogP contribution in [0.3, 0.4) is 0 Å². The maximum Gasteiger partial charge on any atom is 0.303 e. The van der Waals surface area contributed by atoms with E-state index in [1.165, 1.54) is 12.5 Å². The second-order valence-electron chi connectivity index (χ2n) is 4.69. The molecule has 0 saturated heterocycles. The summed E-state index contributed by atoms with van der Waals surface area (Å²) in [7, 11) is 0. The predicted octanol–water partition coefficient (Wildman–Crippen LogP) is 2.93. The molecule has 0 aromatic carbocycles. The summed E-state index contributed by atoms with van der Waals surface area (Å²) in [5.74, 6) is 0.699. The lowest BCUT2D eigenvalue weighted by Crippen LogP contribution is -2.35. The highest BCUT2D eigenvalue weighted by Gasteiger charge is 2.44. The van der Waals surface area contributed by atoms with Crippen LogP contribution in [0.15, 0.2) is 12.2 Å². The Balaban J connectivity index is 2.75. The standard InChI is InChI=1S/C12H20O2/c1-8(2)11-6-7-12(5,9(11)3)14-10(4)13/h9,11H,1,6-7H2,2-5H3/t9-,11+,12+/m0/s1. The third-order valence-electron chi connectivity index (χ3n) is 3.53. The molecular weight excluding hydrogens is 176 g/mol. The smallest absolute Gasteiger partial charge is 0.303 e. The predicted molar refractivity (Wildman–Crippen MR) is 56.9 cm³/mol. The molecule has 2 nitrogen and oxygen atoms in total. The van der Waals surface area contributed by atoms with E-state index in [9.17, 15) is 4.79 Å². The Hall–Kier alpha value is -0.790. The van der Waals surface area contributed by atoms with E-state index < -0.39 is 0 Å².